The van der Waals surface area contributed by atoms with Crippen molar-refractivity contribution in [2.24, 2.45) is 0 Å². The van der Waals surface area contributed by atoms with Crippen LogP contribution < -0.4 is 4.90 Å². The van der Waals surface area contributed by atoms with Crippen LogP contribution in [0.2, 0.25) is 0 Å². The third kappa shape index (κ3) is 3.71. The second-order valence-electron chi connectivity index (χ2n) is 6.66. The normalized spacial score (nSPS) is 16.1. The summed E-state index contributed by atoms with van der Waals surface area (Å²) < 4.78 is 38.4. The molecule has 1 aliphatic heterocycles. The first-order chi connectivity index (χ1) is 12.9. The predicted molar refractivity (Wildman–Crippen MR) is 97.5 cm³/mol. The van der Waals surface area contributed by atoms with Crippen molar-refractivity contribution in [3.05, 3.63) is 48.4 Å². The fourth-order valence-corrected chi connectivity index (χ4v) is 3.10. The highest BCUT2D eigenvalue weighted by Gasteiger charge is 2.32. The van der Waals surface area contributed by atoms with Crippen molar-refractivity contribution < 1.29 is 13.2 Å². The fourth-order valence-electron chi connectivity index (χ4n) is 3.10. The van der Waals surface area contributed by atoms with Crippen LogP contribution in [0.1, 0.15) is 5.69 Å². The number of pyridine rings is 1. The molecular weight excluding hydrogens is 355 g/mol. The summed E-state index contributed by atoms with van der Waals surface area (Å²) in [5, 5.41) is 0.642. The molecule has 0 unspecified atom stereocenters. The van der Waals surface area contributed by atoms with Gasteiger partial charge >= 0.3 is 6.18 Å². The standard InChI is InChI=1S/C19H18F3N5/c1-26-6-8-27(9-7-26)18-23-11-15(12-24-18)13-2-4-16-14(10-13)3-5-17(25-16)19(20,21)22/h2-5,10-12H,6-9H2,1H3. The SMILES string of the molecule is CN1CCN(c2ncc(-c3ccc4nc(C(F)(F)F)ccc4c3)cn2)CC1. The molecule has 1 aliphatic rings. The van der Waals surface area contributed by atoms with Gasteiger partial charge in [0.05, 0.1) is 5.52 Å². The molecule has 0 atom stereocenters. The molecule has 140 valence electrons. The third-order valence-corrected chi connectivity index (χ3v) is 4.74. The number of alkyl halides is 3. The molecule has 0 bridgehead atoms. The number of hydrogen-bond donors (Lipinski definition) is 0. The summed E-state index contributed by atoms with van der Waals surface area (Å²) in [5.41, 5.74) is 1.08. The van der Waals surface area contributed by atoms with Gasteiger partial charge in [0, 0.05) is 49.5 Å². The molecule has 0 amide bonds. The number of anilines is 1. The molecule has 0 radical (unpaired) electrons. The van der Waals surface area contributed by atoms with Crippen molar-refractivity contribution in [3.63, 3.8) is 0 Å². The van der Waals surface area contributed by atoms with Crippen molar-refractivity contribution in [1.82, 2.24) is 19.9 Å². The van der Waals surface area contributed by atoms with E-state index in [0.29, 0.717) is 16.9 Å². The number of piperazine rings is 1. The number of aromatic nitrogens is 3. The van der Waals surface area contributed by atoms with E-state index in [0.717, 1.165) is 43.4 Å². The summed E-state index contributed by atoms with van der Waals surface area (Å²) >= 11 is 0. The molecule has 1 fully saturated rings. The summed E-state index contributed by atoms with van der Waals surface area (Å²) in [7, 11) is 2.09. The van der Waals surface area contributed by atoms with E-state index in [1.807, 2.05) is 0 Å². The number of nitrogens with zero attached hydrogens (tertiary/aromatic N) is 5. The van der Waals surface area contributed by atoms with Crippen LogP contribution in [0.25, 0.3) is 22.0 Å². The van der Waals surface area contributed by atoms with Crippen molar-refractivity contribution in [2.45, 2.75) is 6.18 Å². The number of hydrogen-bond acceptors (Lipinski definition) is 5. The summed E-state index contributed by atoms with van der Waals surface area (Å²) in [5.74, 6) is 0.698. The molecule has 5 nitrogen and oxygen atoms in total. The molecular formula is C19H18F3N5. The first-order valence-electron chi connectivity index (χ1n) is 8.64. The largest absolute Gasteiger partial charge is 0.433 e. The van der Waals surface area contributed by atoms with E-state index in [4.69, 9.17) is 0 Å². The molecule has 0 spiro atoms. The number of rotatable bonds is 2. The lowest BCUT2D eigenvalue weighted by Gasteiger charge is -2.32. The van der Waals surface area contributed by atoms with Crippen molar-refractivity contribution in [1.29, 1.82) is 0 Å². The highest BCUT2D eigenvalue weighted by atomic mass is 19.4. The van der Waals surface area contributed by atoms with Gasteiger partial charge in [0.25, 0.3) is 0 Å². The van der Waals surface area contributed by atoms with Crippen LogP contribution >= 0.6 is 0 Å². The van der Waals surface area contributed by atoms with Crippen LogP contribution in [0.4, 0.5) is 19.1 Å². The summed E-state index contributed by atoms with van der Waals surface area (Å²) in [4.78, 5) is 17.0. The van der Waals surface area contributed by atoms with Gasteiger partial charge < -0.3 is 9.80 Å². The zero-order valence-electron chi connectivity index (χ0n) is 14.7. The molecule has 1 aromatic carbocycles. The lowest BCUT2D eigenvalue weighted by Crippen LogP contribution is -2.45. The second-order valence-corrected chi connectivity index (χ2v) is 6.66. The summed E-state index contributed by atoms with van der Waals surface area (Å²) in [6.07, 6.45) is -0.946. The van der Waals surface area contributed by atoms with E-state index >= 15 is 0 Å². The van der Waals surface area contributed by atoms with Gasteiger partial charge in [-0.2, -0.15) is 13.2 Å². The van der Waals surface area contributed by atoms with E-state index in [-0.39, 0.29) is 0 Å². The van der Waals surface area contributed by atoms with Crippen LogP contribution in [0.15, 0.2) is 42.7 Å². The maximum atomic E-state index is 12.8. The molecule has 1 saturated heterocycles. The van der Waals surface area contributed by atoms with Gasteiger partial charge in [-0.05, 0) is 30.8 Å². The Morgan fingerprint density at radius 3 is 2.26 bits per heavy atom. The lowest BCUT2D eigenvalue weighted by atomic mass is 10.1. The van der Waals surface area contributed by atoms with Gasteiger partial charge in [0.1, 0.15) is 5.69 Å². The van der Waals surface area contributed by atoms with E-state index in [1.54, 1.807) is 30.6 Å². The minimum absolute atomic E-state index is 0.309. The van der Waals surface area contributed by atoms with E-state index in [1.165, 1.54) is 6.07 Å². The molecule has 27 heavy (non-hydrogen) atoms. The number of fused-ring (bicyclic) bond motifs is 1. The smallest absolute Gasteiger partial charge is 0.338 e. The first kappa shape index (κ1) is 17.7. The van der Waals surface area contributed by atoms with Gasteiger partial charge in [0.2, 0.25) is 5.95 Å². The van der Waals surface area contributed by atoms with Crippen molar-refractivity contribution in [3.8, 4) is 11.1 Å². The van der Waals surface area contributed by atoms with Gasteiger partial charge in [-0.15, -0.1) is 0 Å². The lowest BCUT2D eigenvalue weighted by molar-refractivity contribution is -0.140. The summed E-state index contributed by atoms with van der Waals surface area (Å²) in [6.45, 7) is 3.73. The van der Waals surface area contributed by atoms with E-state index in [2.05, 4.69) is 31.8 Å². The van der Waals surface area contributed by atoms with Gasteiger partial charge in [0.15, 0.2) is 0 Å². The Balaban J connectivity index is 1.58. The molecule has 3 aromatic rings. The highest BCUT2D eigenvalue weighted by molar-refractivity contribution is 5.84. The zero-order valence-corrected chi connectivity index (χ0v) is 14.7. The first-order valence-corrected chi connectivity index (χ1v) is 8.64. The molecule has 0 saturated carbocycles. The quantitative estimate of drug-likeness (QED) is 0.688. The molecule has 8 heteroatoms. The van der Waals surface area contributed by atoms with Crippen LogP contribution in [-0.2, 0) is 6.18 Å². The fraction of sp³-hybridized carbons (Fsp3) is 0.316. The van der Waals surface area contributed by atoms with Gasteiger partial charge in [-0.1, -0.05) is 12.1 Å². The number of benzene rings is 1. The minimum Gasteiger partial charge on any atom is -0.338 e. The minimum atomic E-state index is -4.44. The molecule has 3 heterocycles. The number of likely N-dealkylation sites (N-methyl/N-ethyl adjacent to an activating group) is 1. The highest BCUT2D eigenvalue weighted by Crippen LogP contribution is 2.30. The second kappa shape index (κ2) is 6.77. The average Bonchev–Trinajstić information content (AvgIpc) is 2.67. The Bertz CT molecular complexity index is 948. The maximum Gasteiger partial charge on any atom is 0.433 e. The zero-order chi connectivity index (χ0) is 19.0. The van der Waals surface area contributed by atoms with Crippen LogP contribution in [0.5, 0.6) is 0 Å². The Morgan fingerprint density at radius 1 is 0.889 bits per heavy atom. The van der Waals surface area contributed by atoms with E-state index in [9.17, 15) is 13.2 Å². The monoisotopic (exact) mass is 373 g/mol. The topological polar surface area (TPSA) is 45.2 Å². The Labute approximate surface area is 154 Å². The van der Waals surface area contributed by atoms with Crippen LogP contribution in [-0.4, -0.2) is 53.1 Å². The Morgan fingerprint density at radius 2 is 1.59 bits per heavy atom. The molecule has 2 aromatic heterocycles. The summed E-state index contributed by atoms with van der Waals surface area (Å²) in [6, 6.07) is 7.57. The van der Waals surface area contributed by atoms with Crippen LogP contribution in [0, 0.1) is 0 Å². The number of halogens is 3. The predicted octanol–water partition coefficient (Wildman–Crippen LogP) is 3.46. The third-order valence-electron chi connectivity index (χ3n) is 4.74. The van der Waals surface area contributed by atoms with Gasteiger partial charge in [-0.25, -0.2) is 15.0 Å². The Kier molecular flexibility index (Phi) is 4.43. The van der Waals surface area contributed by atoms with Crippen LogP contribution in [0.3, 0.4) is 0 Å². The Hall–Kier alpha value is -2.74. The molecule has 0 aliphatic carbocycles. The van der Waals surface area contributed by atoms with Gasteiger partial charge in [-0.3, -0.25) is 0 Å². The molecule has 0 N–H and O–H groups in total. The van der Waals surface area contributed by atoms with Crippen molar-refractivity contribution >= 4 is 16.9 Å². The van der Waals surface area contributed by atoms with E-state index < -0.39 is 11.9 Å². The maximum absolute atomic E-state index is 12.8. The molecule has 4 rings (SSSR count). The average molecular weight is 373 g/mol. The van der Waals surface area contributed by atoms with Crippen molar-refractivity contribution in [2.75, 3.05) is 38.1 Å².